The molecule has 1 aromatic heterocycles. The van der Waals surface area contributed by atoms with Crippen LogP contribution in [0.1, 0.15) is 45.6 Å². The summed E-state index contributed by atoms with van der Waals surface area (Å²) in [7, 11) is 4.82. The number of nitrogens with one attached hydrogen (secondary N) is 1. The van der Waals surface area contributed by atoms with Crippen molar-refractivity contribution < 1.29 is 23.8 Å². The van der Waals surface area contributed by atoms with Crippen LogP contribution in [0, 0.1) is 0 Å². The molecule has 8 heteroatoms. The lowest BCUT2D eigenvalue weighted by molar-refractivity contribution is -0.124. The minimum Gasteiger partial charge on any atom is -0.493 e. The van der Waals surface area contributed by atoms with Gasteiger partial charge in [-0.3, -0.25) is 9.59 Å². The fourth-order valence-electron chi connectivity index (χ4n) is 4.28. The second-order valence-corrected chi connectivity index (χ2v) is 8.51. The first-order valence-corrected chi connectivity index (χ1v) is 10.9. The molecule has 1 N–H and O–H groups in total. The van der Waals surface area contributed by atoms with Crippen molar-refractivity contribution in [3.63, 3.8) is 0 Å². The molecule has 30 heavy (non-hydrogen) atoms. The smallest absolute Gasteiger partial charge is 0.254 e. The summed E-state index contributed by atoms with van der Waals surface area (Å²) in [4.78, 5) is 29.3. The lowest BCUT2D eigenvalue weighted by atomic mass is 9.81. The van der Waals surface area contributed by atoms with E-state index in [-0.39, 0.29) is 17.9 Å². The zero-order valence-electron chi connectivity index (χ0n) is 17.3. The molecule has 1 saturated heterocycles. The molecule has 2 aliphatic heterocycles. The third-order valence-corrected chi connectivity index (χ3v) is 6.76. The van der Waals surface area contributed by atoms with Crippen molar-refractivity contribution in [3.05, 3.63) is 45.6 Å². The van der Waals surface area contributed by atoms with Crippen LogP contribution in [0.5, 0.6) is 11.5 Å². The third-order valence-electron chi connectivity index (χ3n) is 5.82. The number of nitrogens with zero attached hydrogens (tertiary/aromatic N) is 1. The van der Waals surface area contributed by atoms with Crippen LogP contribution < -0.4 is 14.8 Å². The number of carbonyl (C=O) groups is 2. The number of amides is 2. The lowest BCUT2D eigenvalue weighted by Crippen LogP contribution is -2.46. The van der Waals surface area contributed by atoms with Gasteiger partial charge < -0.3 is 24.4 Å². The van der Waals surface area contributed by atoms with E-state index in [1.165, 1.54) is 18.4 Å². The molecule has 160 valence electrons. The van der Waals surface area contributed by atoms with Gasteiger partial charge in [0.15, 0.2) is 11.5 Å². The summed E-state index contributed by atoms with van der Waals surface area (Å²) >= 11 is 1.54. The minimum absolute atomic E-state index is 0.0435. The van der Waals surface area contributed by atoms with Crippen LogP contribution in [-0.4, -0.2) is 57.2 Å². The minimum atomic E-state index is -0.567. The molecule has 2 aliphatic rings. The molecule has 2 amide bonds. The zero-order chi connectivity index (χ0) is 21.3. The first kappa shape index (κ1) is 20.7. The van der Waals surface area contributed by atoms with Gasteiger partial charge in [-0.25, -0.2) is 0 Å². The Morgan fingerprint density at radius 2 is 2.07 bits per heavy atom. The molecule has 3 atom stereocenters. The second-order valence-electron chi connectivity index (χ2n) is 7.53. The molecular formula is C22H26N2O5S. The Bertz CT molecular complexity index is 924. The highest BCUT2D eigenvalue weighted by Crippen LogP contribution is 2.46. The van der Waals surface area contributed by atoms with Crippen LogP contribution in [0.25, 0.3) is 0 Å². The van der Waals surface area contributed by atoms with Crippen LogP contribution in [0.4, 0.5) is 0 Å². The van der Waals surface area contributed by atoms with E-state index in [2.05, 4.69) is 5.32 Å². The Morgan fingerprint density at radius 3 is 2.70 bits per heavy atom. The standard InChI is InChI=1S/C22H26N2O5S/c1-24-20(18-7-5-9-30-18)19(21(25)23-12-13-6-4-8-29-13)14-10-16(27-2)17(28-3)11-15(14)22(24)26/h5,7,9-11,13,19-20H,4,6,8,12H2,1-3H3,(H,23,25). The summed E-state index contributed by atoms with van der Waals surface area (Å²) in [5.74, 6) is 0.119. The van der Waals surface area contributed by atoms with Gasteiger partial charge in [-0.2, -0.15) is 0 Å². The van der Waals surface area contributed by atoms with Gasteiger partial charge in [0.05, 0.1) is 32.3 Å². The molecule has 1 fully saturated rings. The molecule has 3 heterocycles. The monoisotopic (exact) mass is 430 g/mol. The summed E-state index contributed by atoms with van der Waals surface area (Å²) in [6.07, 6.45) is 2.00. The topological polar surface area (TPSA) is 77.1 Å². The number of likely N-dealkylation sites (N-methyl/N-ethyl adjacent to an activating group) is 1. The second kappa shape index (κ2) is 8.65. The predicted octanol–water partition coefficient (Wildman–Crippen LogP) is 2.97. The van der Waals surface area contributed by atoms with Crippen LogP contribution >= 0.6 is 11.3 Å². The number of methoxy groups -OCH3 is 2. The Balaban J connectivity index is 1.76. The van der Waals surface area contributed by atoms with E-state index in [0.29, 0.717) is 29.2 Å². The molecule has 1 aromatic carbocycles. The molecule has 0 bridgehead atoms. The van der Waals surface area contributed by atoms with E-state index in [1.54, 1.807) is 31.2 Å². The van der Waals surface area contributed by atoms with Crippen LogP contribution in [0.3, 0.4) is 0 Å². The molecule has 0 aliphatic carbocycles. The van der Waals surface area contributed by atoms with Gasteiger partial charge in [0, 0.05) is 30.6 Å². The number of thiophene rings is 1. The average Bonchev–Trinajstić information content (AvgIpc) is 3.47. The Hall–Kier alpha value is -2.58. The van der Waals surface area contributed by atoms with Crippen molar-refractivity contribution in [2.45, 2.75) is 30.9 Å². The SMILES string of the molecule is COc1cc2c(cc1OC)C(C(=O)NCC1CCCO1)C(c1cccs1)N(C)C2=O. The Labute approximate surface area is 179 Å². The van der Waals surface area contributed by atoms with E-state index >= 15 is 0 Å². The van der Waals surface area contributed by atoms with E-state index in [9.17, 15) is 9.59 Å². The van der Waals surface area contributed by atoms with Gasteiger partial charge in [0.25, 0.3) is 5.91 Å². The summed E-state index contributed by atoms with van der Waals surface area (Å²) in [6.45, 7) is 1.20. The molecule has 0 radical (unpaired) electrons. The summed E-state index contributed by atoms with van der Waals surface area (Å²) in [5, 5.41) is 5.02. The molecule has 7 nitrogen and oxygen atoms in total. The molecule has 4 rings (SSSR count). The predicted molar refractivity (Wildman–Crippen MR) is 113 cm³/mol. The highest BCUT2D eigenvalue weighted by Gasteiger charge is 2.44. The van der Waals surface area contributed by atoms with E-state index < -0.39 is 12.0 Å². The van der Waals surface area contributed by atoms with Crippen molar-refractivity contribution in [3.8, 4) is 11.5 Å². The van der Waals surface area contributed by atoms with E-state index in [4.69, 9.17) is 14.2 Å². The van der Waals surface area contributed by atoms with Crippen molar-refractivity contribution >= 4 is 23.2 Å². The molecule has 0 spiro atoms. The van der Waals surface area contributed by atoms with Gasteiger partial charge >= 0.3 is 0 Å². The molecule has 3 unspecified atom stereocenters. The first-order valence-electron chi connectivity index (χ1n) is 10.0. The number of hydrogen-bond acceptors (Lipinski definition) is 6. The molecule has 0 saturated carbocycles. The van der Waals surface area contributed by atoms with Gasteiger partial charge in [-0.1, -0.05) is 6.07 Å². The van der Waals surface area contributed by atoms with Gasteiger partial charge in [0.1, 0.15) is 0 Å². The lowest BCUT2D eigenvalue weighted by Gasteiger charge is -2.39. The van der Waals surface area contributed by atoms with Gasteiger partial charge in [-0.15, -0.1) is 11.3 Å². The fourth-order valence-corrected chi connectivity index (χ4v) is 5.18. The van der Waals surface area contributed by atoms with Crippen molar-refractivity contribution in [2.24, 2.45) is 0 Å². The Morgan fingerprint density at radius 1 is 1.30 bits per heavy atom. The van der Waals surface area contributed by atoms with Crippen LogP contribution in [0.15, 0.2) is 29.6 Å². The molecular weight excluding hydrogens is 404 g/mol. The van der Waals surface area contributed by atoms with Gasteiger partial charge in [-0.05, 0) is 42.0 Å². The van der Waals surface area contributed by atoms with Crippen molar-refractivity contribution in [1.82, 2.24) is 10.2 Å². The number of carbonyl (C=O) groups excluding carboxylic acids is 2. The third kappa shape index (κ3) is 3.65. The van der Waals surface area contributed by atoms with E-state index in [1.807, 2.05) is 17.5 Å². The number of hydrogen-bond donors (Lipinski definition) is 1. The highest BCUT2D eigenvalue weighted by molar-refractivity contribution is 7.10. The van der Waals surface area contributed by atoms with Crippen molar-refractivity contribution in [2.75, 3.05) is 34.4 Å². The summed E-state index contributed by atoms with van der Waals surface area (Å²) in [5.41, 5.74) is 1.11. The maximum Gasteiger partial charge on any atom is 0.254 e. The Kier molecular flexibility index (Phi) is 5.97. The summed E-state index contributed by atoms with van der Waals surface area (Å²) in [6, 6.07) is 6.93. The number of fused-ring (bicyclic) bond motifs is 1. The van der Waals surface area contributed by atoms with Crippen LogP contribution in [-0.2, 0) is 9.53 Å². The number of benzene rings is 1. The summed E-state index contributed by atoms with van der Waals surface area (Å²) < 4.78 is 16.5. The molecule has 2 aromatic rings. The zero-order valence-corrected chi connectivity index (χ0v) is 18.2. The number of ether oxygens (including phenoxy) is 3. The quantitative estimate of drug-likeness (QED) is 0.763. The van der Waals surface area contributed by atoms with E-state index in [0.717, 1.165) is 24.3 Å². The first-order chi connectivity index (χ1) is 14.5. The fraction of sp³-hybridized carbons (Fsp3) is 0.455. The van der Waals surface area contributed by atoms with Crippen molar-refractivity contribution in [1.29, 1.82) is 0 Å². The maximum absolute atomic E-state index is 13.5. The largest absolute Gasteiger partial charge is 0.493 e. The normalized spacial score (nSPS) is 23.2. The maximum atomic E-state index is 13.5. The van der Waals surface area contributed by atoms with Gasteiger partial charge in [0.2, 0.25) is 5.91 Å². The number of rotatable bonds is 6. The van der Waals surface area contributed by atoms with Crippen LogP contribution in [0.2, 0.25) is 0 Å². The average molecular weight is 431 g/mol. The highest BCUT2D eigenvalue weighted by atomic mass is 32.1.